The van der Waals surface area contributed by atoms with Crippen LogP contribution in [0.5, 0.6) is 0 Å². The van der Waals surface area contributed by atoms with Crippen molar-refractivity contribution in [3.8, 4) is 0 Å². The van der Waals surface area contributed by atoms with Gasteiger partial charge in [0.1, 0.15) is 5.69 Å². The number of nitrogens with one attached hydrogen (secondary N) is 2. The van der Waals surface area contributed by atoms with Crippen LogP contribution in [0, 0.1) is 10.1 Å². The summed E-state index contributed by atoms with van der Waals surface area (Å²) in [5, 5.41) is 16.4. The van der Waals surface area contributed by atoms with Crippen LogP contribution in [0.25, 0.3) is 0 Å². The number of hydrogen-bond acceptors (Lipinski definition) is 6. The second kappa shape index (κ2) is 9.12. The molecule has 0 unspecified atom stereocenters. The van der Waals surface area contributed by atoms with Gasteiger partial charge >= 0.3 is 0 Å². The lowest BCUT2D eigenvalue weighted by Gasteiger charge is -2.09. The molecule has 0 fully saturated rings. The lowest BCUT2D eigenvalue weighted by atomic mass is 10.2. The summed E-state index contributed by atoms with van der Waals surface area (Å²) >= 11 is 11.7. The minimum Gasteiger partial charge on any atom is -0.280 e. The molecule has 0 aromatic heterocycles. The number of nitro benzene ring substituents is 1. The zero-order valence-corrected chi connectivity index (χ0v) is 17.4. The normalized spacial score (nSPS) is 11.4. The van der Waals surface area contributed by atoms with Gasteiger partial charge in [0.25, 0.3) is 15.7 Å². The van der Waals surface area contributed by atoms with Crippen LogP contribution in [0.2, 0.25) is 10.0 Å². The molecule has 3 aromatic carbocycles. The first-order valence-electron chi connectivity index (χ1n) is 8.36. The fourth-order valence-electron chi connectivity index (χ4n) is 2.42. The van der Waals surface area contributed by atoms with Crippen molar-refractivity contribution in [3.63, 3.8) is 0 Å². The monoisotopic (exact) mass is 464 g/mol. The predicted octanol–water partition coefficient (Wildman–Crippen LogP) is 5.15. The van der Waals surface area contributed by atoms with Crippen molar-refractivity contribution in [1.29, 1.82) is 0 Å². The molecular weight excluding hydrogens is 451 g/mol. The largest absolute Gasteiger partial charge is 0.295 e. The molecule has 0 bridgehead atoms. The molecule has 0 spiro atoms. The van der Waals surface area contributed by atoms with Crippen LogP contribution in [0.15, 0.2) is 76.7 Å². The Morgan fingerprint density at radius 3 is 2.37 bits per heavy atom. The highest BCUT2D eigenvalue weighted by Gasteiger charge is 2.21. The topological polar surface area (TPSA) is 114 Å². The van der Waals surface area contributed by atoms with Gasteiger partial charge in [-0.05, 0) is 54.1 Å². The van der Waals surface area contributed by atoms with Gasteiger partial charge in [0.2, 0.25) is 0 Å². The Morgan fingerprint density at radius 2 is 1.70 bits per heavy atom. The van der Waals surface area contributed by atoms with Gasteiger partial charge in [-0.2, -0.15) is 5.10 Å². The van der Waals surface area contributed by atoms with Gasteiger partial charge in [-0.1, -0.05) is 35.3 Å². The Kier molecular flexibility index (Phi) is 6.56. The van der Waals surface area contributed by atoms with Crippen LogP contribution >= 0.6 is 23.2 Å². The third-order valence-corrected chi connectivity index (χ3v) is 5.69. The first-order valence-corrected chi connectivity index (χ1v) is 10.6. The average Bonchev–Trinajstić information content (AvgIpc) is 2.69. The molecule has 0 aliphatic carbocycles. The Balaban J connectivity index is 1.83. The number of hydrogen-bond donors (Lipinski definition) is 2. The Bertz CT molecular complexity index is 1220. The van der Waals surface area contributed by atoms with Crippen molar-refractivity contribution in [3.05, 3.63) is 92.5 Å². The predicted molar refractivity (Wildman–Crippen MR) is 118 cm³/mol. The van der Waals surface area contributed by atoms with E-state index in [1.807, 2.05) is 0 Å². The number of hydrazone groups is 1. The van der Waals surface area contributed by atoms with Crippen molar-refractivity contribution in [1.82, 2.24) is 0 Å². The summed E-state index contributed by atoms with van der Waals surface area (Å²) in [7, 11) is -4.05. The SMILES string of the molecule is O=[N+]([O-])c1cc(S(=O)(=O)Nc2ccc(Cl)cc2)ccc1NN=Cc1cccc(Cl)c1. The number of nitrogens with zero attached hydrogens (tertiary/aromatic N) is 2. The molecule has 0 atom stereocenters. The zero-order chi connectivity index (χ0) is 21.7. The first kappa shape index (κ1) is 21.6. The lowest BCUT2D eigenvalue weighted by Crippen LogP contribution is -2.13. The number of benzene rings is 3. The van der Waals surface area contributed by atoms with Gasteiger partial charge in [-0.15, -0.1) is 0 Å². The molecule has 11 heteroatoms. The highest BCUT2D eigenvalue weighted by atomic mass is 35.5. The van der Waals surface area contributed by atoms with Gasteiger partial charge in [-0.3, -0.25) is 20.3 Å². The molecule has 0 saturated heterocycles. The fraction of sp³-hybridized carbons (Fsp3) is 0. The van der Waals surface area contributed by atoms with Gasteiger partial charge in [0.05, 0.1) is 16.0 Å². The molecule has 0 aliphatic heterocycles. The van der Waals surface area contributed by atoms with Crippen molar-refractivity contribution in [2.75, 3.05) is 10.1 Å². The van der Waals surface area contributed by atoms with Crippen LogP contribution in [-0.4, -0.2) is 19.6 Å². The van der Waals surface area contributed by atoms with E-state index in [4.69, 9.17) is 23.2 Å². The highest BCUT2D eigenvalue weighted by molar-refractivity contribution is 7.92. The van der Waals surface area contributed by atoms with Crippen LogP contribution in [-0.2, 0) is 10.0 Å². The smallest absolute Gasteiger partial charge is 0.280 e. The second-order valence-electron chi connectivity index (χ2n) is 5.97. The van der Waals surface area contributed by atoms with E-state index >= 15 is 0 Å². The third-order valence-electron chi connectivity index (χ3n) is 3.82. The van der Waals surface area contributed by atoms with Crippen LogP contribution < -0.4 is 10.1 Å². The molecule has 2 N–H and O–H groups in total. The summed E-state index contributed by atoms with van der Waals surface area (Å²) in [4.78, 5) is 10.5. The standard InChI is InChI=1S/C19H14Cl2N4O4S/c20-14-4-6-16(7-5-14)24-30(28,29)17-8-9-18(19(11-17)25(26)27)23-22-12-13-2-1-3-15(21)10-13/h1-12,23-24H. The number of sulfonamides is 1. The Labute approximate surface area is 182 Å². The molecule has 0 aliphatic rings. The molecule has 0 radical (unpaired) electrons. The Hall–Kier alpha value is -3.14. The van der Waals surface area contributed by atoms with Crippen molar-refractivity contribution >= 4 is 56.5 Å². The molecule has 8 nitrogen and oxygen atoms in total. The number of rotatable bonds is 7. The number of anilines is 2. The lowest BCUT2D eigenvalue weighted by molar-refractivity contribution is -0.384. The minimum atomic E-state index is -4.05. The van der Waals surface area contributed by atoms with E-state index in [-0.39, 0.29) is 16.3 Å². The van der Waals surface area contributed by atoms with Gasteiger partial charge < -0.3 is 0 Å². The highest BCUT2D eigenvalue weighted by Crippen LogP contribution is 2.29. The maximum Gasteiger partial charge on any atom is 0.295 e. The van der Waals surface area contributed by atoms with E-state index in [9.17, 15) is 18.5 Å². The van der Waals surface area contributed by atoms with E-state index in [2.05, 4.69) is 15.2 Å². The molecule has 30 heavy (non-hydrogen) atoms. The van der Waals surface area contributed by atoms with Crippen LogP contribution in [0.4, 0.5) is 17.1 Å². The first-order chi connectivity index (χ1) is 14.2. The Morgan fingerprint density at radius 1 is 0.967 bits per heavy atom. The molecule has 0 amide bonds. The summed E-state index contributed by atoms with van der Waals surface area (Å²) in [5.74, 6) is 0. The van der Waals surface area contributed by atoms with Crippen LogP contribution in [0.3, 0.4) is 0 Å². The molecule has 0 saturated carbocycles. The molecule has 0 heterocycles. The molecule has 154 valence electrons. The summed E-state index contributed by atoms with van der Waals surface area (Å²) in [5.41, 5.74) is 3.09. The molecule has 3 rings (SSSR count). The van der Waals surface area contributed by atoms with Gasteiger partial charge in [0.15, 0.2) is 0 Å². The fourth-order valence-corrected chi connectivity index (χ4v) is 3.82. The summed E-state index contributed by atoms with van der Waals surface area (Å²) in [6.07, 6.45) is 1.43. The average molecular weight is 465 g/mol. The number of halogens is 2. The van der Waals surface area contributed by atoms with Crippen molar-refractivity contribution in [2.24, 2.45) is 5.10 Å². The van der Waals surface area contributed by atoms with Crippen LogP contribution in [0.1, 0.15) is 5.56 Å². The van der Waals surface area contributed by atoms with E-state index in [1.54, 1.807) is 24.3 Å². The second-order valence-corrected chi connectivity index (χ2v) is 8.53. The summed E-state index contributed by atoms with van der Waals surface area (Å²) in [6, 6.07) is 16.3. The van der Waals surface area contributed by atoms with E-state index in [0.717, 1.165) is 6.07 Å². The van der Waals surface area contributed by atoms with E-state index in [0.29, 0.717) is 15.6 Å². The third kappa shape index (κ3) is 5.47. The van der Waals surface area contributed by atoms with Crippen molar-refractivity contribution < 1.29 is 13.3 Å². The van der Waals surface area contributed by atoms with Gasteiger partial charge in [-0.25, -0.2) is 8.42 Å². The van der Waals surface area contributed by atoms with Gasteiger partial charge in [0, 0.05) is 21.8 Å². The number of nitro groups is 1. The van der Waals surface area contributed by atoms with E-state index < -0.39 is 20.6 Å². The summed E-state index contributed by atoms with van der Waals surface area (Å²) < 4.78 is 27.5. The maximum absolute atomic E-state index is 12.6. The quantitative estimate of drug-likeness (QED) is 0.285. The molecule has 3 aromatic rings. The summed E-state index contributed by atoms with van der Waals surface area (Å²) in [6.45, 7) is 0. The molecular formula is C19H14Cl2N4O4S. The maximum atomic E-state index is 12.6. The minimum absolute atomic E-state index is 0.0312. The zero-order valence-electron chi connectivity index (χ0n) is 15.1. The van der Waals surface area contributed by atoms with E-state index in [1.165, 1.54) is 42.6 Å². The van der Waals surface area contributed by atoms with Crippen molar-refractivity contribution in [2.45, 2.75) is 4.90 Å².